The van der Waals surface area contributed by atoms with Crippen LogP contribution in [0.1, 0.15) is 18.4 Å². The van der Waals surface area contributed by atoms with E-state index in [2.05, 4.69) is 22.0 Å². The second-order valence-corrected chi connectivity index (χ2v) is 7.03. The van der Waals surface area contributed by atoms with Gasteiger partial charge in [0.1, 0.15) is 5.54 Å². The molecule has 0 radical (unpaired) electrons. The molecule has 2 heterocycles. The normalized spacial score (nSPS) is 19.0. The third-order valence-electron chi connectivity index (χ3n) is 5.49. The predicted molar refractivity (Wildman–Crippen MR) is 103 cm³/mol. The first kappa shape index (κ1) is 17.7. The van der Waals surface area contributed by atoms with E-state index >= 15 is 0 Å². The molecule has 1 spiro atoms. The molecule has 0 saturated carbocycles. The predicted octanol–water partition coefficient (Wildman–Crippen LogP) is 3.24. The number of aliphatic imine (C=N–C) groups is 1. The molecule has 2 aromatic carbocycles. The minimum atomic E-state index is -0.684. The first-order chi connectivity index (χ1) is 13.1. The summed E-state index contributed by atoms with van der Waals surface area (Å²) in [6.07, 6.45) is 2.93. The molecule has 1 saturated heterocycles. The molecule has 4 rings (SSSR count). The number of halogens is 1. The molecule has 0 aromatic heterocycles. The average molecular weight is 367 g/mol. The average Bonchev–Trinajstić information content (AvgIpc) is 3.01. The summed E-state index contributed by atoms with van der Waals surface area (Å²) in [5.74, 6) is -0.377. The smallest absolute Gasteiger partial charge is 0.273 e. The molecule has 27 heavy (non-hydrogen) atoms. The van der Waals surface area contributed by atoms with E-state index in [4.69, 9.17) is 4.74 Å². The van der Waals surface area contributed by atoms with E-state index in [1.165, 1.54) is 18.7 Å². The van der Waals surface area contributed by atoms with Crippen molar-refractivity contribution in [2.45, 2.75) is 24.9 Å². The summed E-state index contributed by atoms with van der Waals surface area (Å²) in [4.78, 5) is 21.0. The van der Waals surface area contributed by atoms with Gasteiger partial charge in [0.05, 0.1) is 13.4 Å². The Kier molecular flexibility index (Phi) is 4.66. The van der Waals surface area contributed by atoms with Gasteiger partial charge in [-0.25, -0.2) is 9.38 Å². The van der Waals surface area contributed by atoms with Gasteiger partial charge in [0.25, 0.3) is 5.91 Å². The Bertz CT molecular complexity index is 861. The Morgan fingerprint density at radius 1 is 1.15 bits per heavy atom. The van der Waals surface area contributed by atoms with Gasteiger partial charge < -0.3 is 9.64 Å². The first-order valence-corrected chi connectivity index (χ1v) is 9.10. The zero-order chi connectivity index (χ0) is 18.9. The fraction of sp³-hybridized carbons (Fsp3) is 0.333. The van der Waals surface area contributed by atoms with E-state index < -0.39 is 11.4 Å². The minimum absolute atomic E-state index is 0.120. The number of rotatable bonds is 4. The molecule has 2 aliphatic rings. The van der Waals surface area contributed by atoms with Crippen LogP contribution < -0.4 is 9.64 Å². The Labute approximate surface area is 158 Å². The van der Waals surface area contributed by atoms with Gasteiger partial charge in [0.15, 0.2) is 11.6 Å². The molecular weight excluding hydrogens is 345 g/mol. The van der Waals surface area contributed by atoms with E-state index in [1.807, 2.05) is 23.1 Å². The van der Waals surface area contributed by atoms with Crippen LogP contribution in [0.5, 0.6) is 5.75 Å². The highest BCUT2D eigenvalue weighted by Crippen LogP contribution is 2.38. The Balaban J connectivity index is 1.52. The lowest BCUT2D eigenvalue weighted by atomic mass is 9.85. The molecule has 140 valence electrons. The van der Waals surface area contributed by atoms with Crippen molar-refractivity contribution in [3.05, 3.63) is 59.9 Å². The lowest BCUT2D eigenvalue weighted by Gasteiger charge is -2.43. The van der Waals surface area contributed by atoms with Gasteiger partial charge in [0, 0.05) is 31.4 Å². The number of nitrogens with zero attached hydrogens (tertiary/aromatic N) is 3. The van der Waals surface area contributed by atoms with Gasteiger partial charge in [0.2, 0.25) is 0 Å². The second-order valence-electron chi connectivity index (χ2n) is 7.03. The van der Waals surface area contributed by atoms with Gasteiger partial charge in [-0.15, -0.1) is 0 Å². The number of amides is 1. The van der Waals surface area contributed by atoms with Gasteiger partial charge in [-0.05, 0) is 30.5 Å². The number of anilines is 1. The maximum atomic E-state index is 13.8. The summed E-state index contributed by atoms with van der Waals surface area (Å²) < 4.78 is 18.9. The van der Waals surface area contributed by atoms with Crippen molar-refractivity contribution >= 4 is 17.9 Å². The van der Waals surface area contributed by atoms with Crippen molar-refractivity contribution in [3.63, 3.8) is 0 Å². The van der Waals surface area contributed by atoms with E-state index in [0.717, 1.165) is 25.3 Å². The van der Waals surface area contributed by atoms with Crippen LogP contribution in [0.3, 0.4) is 0 Å². The summed E-state index contributed by atoms with van der Waals surface area (Å²) in [5.41, 5.74) is 1.30. The molecule has 0 unspecified atom stereocenters. The molecule has 1 fully saturated rings. The van der Waals surface area contributed by atoms with Crippen LogP contribution in [0.4, 0.5) is 10.1 Å². The van der Waals surface area contributed by atoms with Crippen LogP contribution in [-0.2, 0) is 11.3 Å². The molecule has 0 bridgehead atoms. The standard InChI is InChI=1S/C21H22FN3O2/c1-27-19-13-17(7-8-18(19)22)25-15-23-20(26)21(25)9-11-24(12-10-21)14-16-5-3-2-4-6-16/h2-8,13,15H,9-12,14H2,1H3. The van der Waals surface area contributed by atoms with E-state index in [1.54, 1.807) is 18.5 Å². The van der Waals surface area contributed by atoms with Crippen LogP contribution in [0.2, 0.25) is 0 Å². The van der Waals surface area contributed by atoms with Gasteiger partial charge >= 0.3 is 0 Å². The summed E-state index contributed by atoms with van der Waals surface area (Å²) in [6.45, 7) is 2.48. The molecule has 1 amide bonds. The van der Waals surface area contributed by atoms with Crippen LogP contribution in [0.25, 0.3) is 0 Å². The maximum absolute atomic E-state index is 13.8. The van der Waals surface area contributed by atoms with Crippen LogP contribution >= 0.6 is 0 Å². The highest BCUT2D eigenvalue weighted by atomic mass is 19.1. The Morgan fingerprint density at radius 2 is 1.89 bits per heavy atom. The van der Waals surface area contributed by atoms with Crippen LogP contribution in [-0.4, -0.2) is 42.9 Å². The van der Waals surface area contributed by atoms with Crippen LogP contribution in [0, 0.1) is 5.82 Å². The minimum Gasteiger partial charge on any atom is -0.494 e. The van der Waals surface area contributed by atoms with E-state index in [-0.39, 0.29) is 11.7 Å². The Morgan fingerprint density at radius 3 is 2.59 bits per heavy atom. The number of ether oxygens (including phenoxy) is 1. The van der Waals surface area contributed by atoms with Crippen molar-refractivity contribution in [1.29, 1.82) is 0 Å². The summed E-state index contributed by atoms with van der Waals surface area (Å²) >= 11 is 0. The van der Waals surface area contributed by atoms with Crippen molar-refractivity contribution < 1.29 is 13.9 Å². The number of carbonyl (C=O) groups is 1. The maximum Gasteiger partial charge on any atom is 0.273 e. The molecule has 0 aliphatic carbocycles. The monoisotopic (exact) mass is 367 g/mol. The van der Waals surface area contributed by atoms with Gasteiger partial charge in [-0.3, -0.25) is 9.69 Å². The van der Waals surface area contributed by atoms with E-state index in [0.29, 0.717) is 12.8 Å². The van der Waals surface area contributed by atoms with Gasteiger partial charge in [-0.1, -0.05) is 30.3 Å². The van der Waals surface area contributed by atoms with Gasteiger partial charge in [-0.2, -0.15) is 0 Å². The Hall–Kier alpha value is -2.73. The third kappa shape index (κ3) is 3.21. The molecule has 5 nitrogen and oxygen atoms in total. The second kappa shape index (κ2) is 7.12. The zero-order valence-electron chi connectivity index (χ0n) is 15.3. The molecule has 2 aliphatic heterocycles. The number of benzene rings is 2. The van der Waals surface area contributed by atoms with Crippen molar-refractivity contribution in [2.24, 2.45) is 4.99 Å². The number of hydrogen-bond donors (Lipinski definition) is 0. The number of piperidine rings is 1. The lowest BCUT2D eigenvalue weighted by molar-refractivity contribution is -0.123. The highest BCUT2D eigenvalue weighted by molar-refractivity contribution is 6.08. The van der Waals surface area contributed by atoms with E-state index in [9.17, 15) is 9.18 Å². The highest BCUT2D eigenvalue weighted by Gasteiger charge is 2.49. The fourth-order valence-electron chi connectivity index (χ4n) is 3.93. The molecule has 6 heteroatoms. The fourth-order valence-corrected chi connectivity index (χ4v) is 3.93. The van der Waals surface area contributed by atoms with Crippen molar-refractivity contribution in [1.82, 2.24) is 4.90 Å². The molecule has 2 aromatic rings. The number of hydrogen-bond acceptors (Lipinski definition) is 4. The third-order valence-corrected chi connectivity index (χ3v) is 5.49. The largest absolute Gasteiger partial charge is 0.494 e. The number of carbonyl (C=O) groups excluding carboxylic acids is 1. The first-order valence-electron chi connectivity index (χ1n) is 9.10. The SMILES string of the molecule is COc1cc(N2C=NC(=O)C23CCN(Cc2ccccc2)CC3)ccc1F. The van der Waals surface area contributed by atoms with Crippen molar-refractivity contribution in [2.75, 3.05) is 25.1 Å². The number of likely N-dealkylation sites (tertiary alicyclic amines) is 1. The lowest BCUT2D eigenvalue weighted by Crippen LogP contribution is -2.56. The topological polar surface area (TPSA) is 45.1 Å². The molecule has 0 N–H and O–H groups in total. The van der Waals surface area contributed by atoms with Crippen LogP contribution in [0.15, 0.2) is 53.5 Å². The summed E-state index contributed by atoms with van der Waals surface area (Å²) in [6, 6.07) is 15.0. The van der Waals surface area contributed by atoms with Crippen molar-refractivity contribution in [3.8, 4) is 5.75 Å². The number of methoxy groups -OCH3 is 1. The summed E-state index contributed by atoms with van der Waals surface area (Å²) in [7, 11) is 1.43. The zero-order valence-corrected chi connectivity index (χ0v) is 15.3. The quantitative estimate of drug-likeness (QED) is 0.832. The summed E-state index contributed by atoms with van der Waals surface area (Å²) in [5, 5.41) is 0. The molecule has 0 atom stereocenters. The molecular formula is C21H22FN3O2.